The molecule has 5 rings (SSSR count). The van der Waals surface area contributed by atoms with E-state index in [0.29, 0.717) is 31.1 Å². The van der Waals surface area contributed by atoms with Gasteiger partial charge in [-0.05, 0) is 68.1 Å². The molecular formula is C31H37N5O2S. The molecule has 0 spiro atoms. The van der Waals surface area contributed by atoms with Crippen LogP contribution in [0.1, 0.15) is 49.7 Å². The van der Waals surface area contributed by atoms with Crippen molar-refractivity contribution in [3.63, 3.8) is 0 Å². The van der Waals surface area contributed by atoms with Crippen LogP contribution >= 0.6 is 0 Å². The first kappa shape index (κ1) is 27.2. The minimum absolute atomic E-state index is 0.0604. The van der Waals surface area contributed by atoms with Crippen LogP contribution in [0.4, 0.5) is 11.5 Å². The number of sulfonamides is 1. The zero-order valence-corrected chi connectivity index (χ0v) is 23.8. The van der Waals surface area contributed by atoms with E-state index in [9.17, 15) is 8.42 Å². The van der Waals surface area contributed by atoms with Crippen LogP contribution in [-0.4, -0.2) is 53.8 Å². The highest BCUT2D eigenvalue weighted by molar-refractivity contribution is 7.89. The van der Waals surface area contributed by atoms with Gasteiger partial charge in [0.25, 0.3) is 0 Å². The van der Waals surface area contributed by atoms with Crippen molar-refractivity contribution in [2.24, 2.45) is 0 Å². The van der Waals surface area contributed by atoms with Crippen molar-refractivity contribution in [3.05, 3.63) is 89.7 Å². The number of aryl methyl sites for hydroxylation is 2. The molecule has 204 valence electrons. The Bertz CT molecular complexity index is 1530. The number of para-hydroxylation sites is 2. The fraction of sp³-hybridized carbons (Fsp3) is 0.355. The van der Waals surface area contributed by atoms with E-state index in [1.165, 1.54) is 5.56 Å². The summed E-state index contributed by atoms with van der Waals surface area (Å²) in [6.45, 7) is 8.44. The summed E-state index contributed by atoms with van der Waals surface area (Å²) in [5, 5.41) is 4.48. The predicted octanol–water partition coefficient (Wildman–Crippen LogP) is 6.09. The summed E-state index contributed by atoms with van der Waals surface area (Å²) >= 11 is 0. The van der Waals surface area contributed by atoms with Crippen LogP contribution in [0, 0.1) is 6.92 Å². The third-order valence-electron chi connectivity index (χ3n) is 7.59. The molecule has 1 N–H and O–H groups in total. The van der Waals surface area contributed by atoms with Crippen LogP contribution in [0.2, 0.25) is 0 Å². The lowest BCUT2D eigenvalue weighted by Gasteiger charge is -2.37. The van der Waals surface area contributed by atoms with Crippen LogP contribution in [0.25, 0.3) is 10.9 Å². The SMILES string of the molecule is CCCCc1ccc(S(=O)(=O)N2CCN([C@@H](C)c3nc(Nc4ccccc4C)c4ccccc4n3)CC2)cc1. The highest BCUT2D eigenvalue weighted by Crippen LogP contribution is 2.29. The Balaban J connectivity index is 1.31. The van der Waals surface area contributed by atoms with Gasteiger partial charge in [0.2, 0.25) is 10.0 Å². The fourth-order valence-corrected chi connectivity index (χ4v) is 6.49. The summed E-state index contributed by atoms with van der Waals surface area (Å²) in [6, 6.07) is 23.5. The Morgan fingerprint density at radius 2 is 1.59 bits per heavy atom. The highest BCUT2D eigenvalue weighted by atomic mass is 32.2. The maximum absolute atomic E-state index is 13.3. The molecule has 0 unspecified atom stereocenters. The number of rotatable bonds is 9. The molecule has 0 radical (unpaired) electrons. The molecule has 1 aromatic heterocycles. The Morgan fingerprint density at radius 1 is 0.897 bits per heavy atom. The van der Waals surface area contributed by atoms with E-state index < -0.39 is 10.0 Å². The van der Waals surface area contributed by atoms with Gasteiger partial charge in [-0.25, -0.2) is 18.4 Å². The molecule has 8 heteroatoms. The van der Waals surface area contributed by atoms with Crippen LogP contribution in [-0.2, 0) is 16.4 Å². The van der Waals surface area contributed by atoms with Gasteiger partial charge in [0.05, 0.1) is 16.5 Å². The van der Waals surface area contributed by atoms with Crippen molar-refractivity contribution in [1.29, 1.82) is 0 Å². The minimum Gasteiger partial charge on any atom is -0.339 e. The zero-order chi connectivity index (χ0) is 27.4. The average Bonchev–Trinajstić information content (AvgIpc) is 2.97. The number of fused-ring (bicyclic) bond motifs is 1. The lowest BCUT2D eigenvalue weighted by Crippen LogP contribution is -2.49. The molecule has 0 saturated carbocycles. The molecule has 1 aliphatic rings. The van der Waals surface area contributed by atoms with E-state index in [2.05, 4.69) is 37.1 Å². The van der Waals surface area contributed by atoms with E-state index in [4.69, 9.17) is 9.97 Å². The maximum Gasteiger partial charge on any atom is 0.243 e. The van der Waals surface area contributed by atoms with Crippen molar-refractivity contribution in [2.75, 3.05) is 31.5 Å². The van der Waals surface area contributed by atoms with E-state index in [0.717, 1.165) is 53.1 Å². The molecule has 2 heterocycles. The van der Waals surface area contributed by atoms with Crippen LogP contribution < -0.4 is 5.32 Å². The molecule has 0 amide bonds. The number of hydrogen-bond donors (Lipinski definition) is 1. The molecule has 7 nitrogen and oxygen atoms in total. The van der Waals surface area contributed by atoms with Gasteiger partial charge in [-0.2, -0.15) is 4.31 Å². The second kappa shape index (κ2) is 11.8. The molecule has 0 bridgehead atoms. The molecule has 4 aromatic rings. The first-order valence-corrected chi connectivity index (χ1v) is 15.2. The van der Waals surface area contributed by atoms with Crippen molar-refractivity contribution >= 4 is 32.4 Å². The van der Waals surface area contributed by atoms with Gasteiger partial charge in [0, 0.05) is 37.3 Å². The van der Waals surface area contributed by atoms with Gasteiger partial charge in [-0.15, -0.1) is 0 Å². The molecule has 1 aliphatic heterocycles. The zero-order valence-electron chi connectivity index (χ0n) is 23.0. The largest absolute Gasteiger partial charge is 0.339 e. The normalized spacial score (nSPS) is 15.9. The summed E-state index contributed by atoms with van der Waals surface area (Å²) in [7, 11) is -3.52. The van der Waals surface area contributed by atoms with Crippen molar-refractivity contribution in [3.8, 4) is 0 Å². The van der Waals surface area contributed by atoms with Gasteiger partial charge in [-0.3, -0.25) is 4.90 Å². The molecule has 1 saturated heterocycles. The first-order valence-electron chi connectivity index (χ1n) is 13.8. The lowest BCUT2D eigenvalue weighted by atomic mass is 10.1. The van der Waals surface area contributed by atoms with Crippen molar-refractivity contribution in [1.82, 2.24) is 19.2 Å². The third-order valence-corrected chi connectivity index (χ3v) is 9.51. The van der Waals surface area contributed by atoms with E-state index in [1.807, 2.05) is 54.6 Å². The highest BCUT2D eigenvalue weighted by Gasteiger charge is 2.31. The number of nitrogens with zero attached hydrogens (tertiary/aromatic N) is 4. The minimum atomic E-state index is -3.52. The predicted molar refractivity (Wildman–Crippen MR) is 158 cm³/mol. The summed E-state index contributed by atoms with van der Waals surface area (Å²) in [5.74, 6) is 1.50. The van der Waals surface area contributed by atoms with Gasteiger partial charge in [-0.1, -0.05) is 55.8 Å². The monoisotopic (exact) mass is 543 g/mol. The van der Waals surface area contributed by atoms with Crippen molar-refractivity contribution in [2.45, 2.75) is 51.0 Å². The second-order valence-corrected chi connectivity index (χ2v) is 12.2. The smallest absolute Gasteiger partial charge is 0.243 e. The second-order valence-electron chi connectivity index (χ2n) is 10.3. The van der Waals surface area contributed by atoms with Gasteiger partial charge >= 0.3 is 0 Å². The third kappa shape index (κ3) is 5.98. The molecule has 0 aliphatic carbocycles. The summed E-state index contributed by atoms with van der Waals surface area (Å²) < 4.78 is 28.3. The van der Waals surface area contributed by atoms with Crippen LogP contribution in [0.3, 0.4) is 0 Å². The Hall–Kier alpha value is -3.33. The van der Waals surface area contributed by atoms with Gasteiger partial charge in [0.15, 0.2) is 0 Å². The van der Waals surface area contributed by atoms with Gasteiger partial charge in [0.1, 0.15) is 11.6 Å². The number of nitrogens with one attached hydrogen (secondary N) is 1. The van der Waals surface area contributed by atoms with Gasteiger partial charge < -0.3 is 5.32 Å². The van der Waals surface area contributed by atoms with E-state index in [-0.39, 0.29) is 6.04 Å². The standard InChI is InChI=1S/C31H37N5O2S/c1-4-5-11-25-15-17-26(18-16-25)39(37,38)36-21-19-35(20-22-36)24(3)30-33-29-14-9-7-12-27(29)31(34-30)32-28-13-8-6-10-23(28)2/h6-10,12-18,24H,4-5,11,19-22H2,1-3H3,(H,32,33,34)/t24-/m0/s1. The molecule has 39 heavy (non-hydrogen) atoms. The lowest BCUT2D eigenvalue weighted by molar-refractivity contribution is 0.141. The number of benzene rings is 3. The average molecular weight is 544 g/mol. The summed E-state index contributed by atoms with van der Waals surface area (Å²) in [4.78, 5) is 12.5. The van der Waals surface area contributed by atoms with Crippen molar-refractivity contribution < 1.29 is 8.42 Å². The topological polar surface area (TPSA) is 78.4 Å². The Morgan fingerprint density at radius 3 is 2.31 bits per heavy atom. The summed E-state index contributed by atoms with van der Waals surface area (Å²) in [6.07, 6.45) is 3.21. The maximum atomic E-state index is 13.3. The van der Waals surface area contributed by atoms with E-state index in [1.54, 1.807) is 16.4 Å². The Labute approximate surface area is 232 Å². The molecule has 1 atom stereocenters. The number of piperazine rings is 1. The number of unbranched alkanes of at least 4 members (excludes halogenated alkanes) is 1. The summed E-state index contributed by atoms with van der Waals surface area (Å²) in [5.41, 5.74) is 4.22. The van der Waals surface area contributed by atoms with Crippen LogP contribution in [0.15, 0.2) is 77.7 Å². The number of aromatic nitrogens is 2. The molecular weight excluding hydrogens is 506 g/mol. The number of hydrogen-bond acceptors (Lipinski definition) is 6. The fourth-order valence-electron chi connectivity index (χ4n) is 5.07. The molecule has 3 aromatic carbocycles. The quantitative estimate of drug-likeness (QED) is 0.275. The Kier molecular flexibility index (Phi) is 8.26. The van der Waals surface area contributed by atoms with E-state index >= 15 is 0 Å². The number of anilines is 2. The van der Waals surface area contributed by atoms with Crippen LogP contribution in [0.5, 0.6) is 0 Å². The molecule has 1 fully saturated rings. The first-order chi connectivity index (χ1) is 18.9.